The fourth-order valence-corrected chi connectivity index (χ4v) is 2.57. The Kier molecular flexibility index (Phi) is 6.27. The number of aliphatic hydroxyl groups excluding tert-OH is 8. The lowest BCUT2D eigenvalue weighted by Gasteiger charge is -2.45. The second kappa shape index (κ2) is 7.63. The van der Waals surface area contributed by atoms with Gasteiger partial charge in [0.25, 0.3) is 0 Å². The average Bonchev–Trinajstić information content (AvgIpc) is 2.55. The van der Waals surface area contributed by atoms with Gasteiger partial charge in [0.15, 0.2) is 12.6 Å². The highest BCUT2D eigenvalue weighted by Crippen LogP contribution is 2.28. The summed E-state index contributed by atoms with van der Waals surface area (Å²) < 4.78 is 15.3. The number of ether oxygens (including phenoxy) is 3. The van der Waals surface area contributed by atoms with Crippen molar-refractivity contribution in [3.63, 3.8) is 0 Å². The van der Waals surface area contributed by atoms with E-state index in [2.05, 4.69) is 0 Å². The van der Waals surface area contributed by atoms with Gasteiger partial charge < -0.3 is 55.1 Å². The van der Waals surface area contributed by atoms with Gasteiger partial charge in [-0.1, -0.05) is 0 Å². The van der Waals surface area contributed by atoms with E-state index in [1.54, 1.807) is 0 Å². The van der Waals surface area contributed by atoms with E-state index in [9.17, 15) is 35.7 Å². The van der Waals surface area contributed by atoms with Gasteiger partial charge in [-0.3, -0.25) is 0 Å². The lowest BCUT2D eigenvalue weighted by atomic mass is 9.97. The van der Waals surface area contributed by atoms with Crippen LogP contribution >= 0.6 is 0 Å². The highest BCUT2D eigenvalue weighted by molar-refractivity contribution is 4.93. The maximum absolute atomic E-state index is 9.94. The first-order valence-electron chi connectivity index (χ1n) is 7.08. The highest BCUT2D eigenvalue weighted by atomic mass is 16.7. The van der Waals surface area contributed by atoms with Crippen LogP contribution in [0.3, 0.4) is 0 Å². The summed E-state index contributed by atoms with van der Waals surface area (Å²) in [4.78, 5) is 0. The van der Waals surface area contributed by atoms with Gasteiger partial charge in [0.1, 0.15) is 48.8 Å². The molecule has 0 aromatic heterocycles. The van der Waals surface area contributed by atoms with Crippen molar-refractivity contribution in [2.45, 2.75) is 61.4 Å². The van der Waals surface area contributed by atoms with Crippen LogP contribution in [0.1, 0.15) is 0 Å². The molecule has 0 spiro atoms. The standard InChI is InChI=1S/C12H22O11/c13-1-3-5(15)6(16)9(19)12(22-3)23-10-4(2-14)21-11(20)8(18)7(10)17/h3-20H,1-2H2/t3-,4+,5+,6-,7+,8-,9+,10-,11+,12+/m1/s1. The van der Waals surface area contributed by atoms with Crippen molar-refractivity contribution in [2.24, 2.45) is 0 Å². The van der Waals surface area contributed by atoms with Crippen LogP contribution in [0.25, 0.3) is 0 Å². The predicted molar refractivity (Wildman–Crippen MR) is 68.6 cm³/mol. The molecule has 0 unspecified atom stereocenters. The molecule has 2 rings (SSSR count). The topological polar surface area (TPSA) is 190 Å². The van der Waals surface area contributed by atoms with Crippen LogP contribution in [0.15, 0.2) is 0 Å². The van der Waals surface area contributed by atoms with Crippen molar-refractivity contribution >= 4 is 0 Å². The number of rotatable bonds is 4. The van der Waals surface area contributed by atoms with E-state index >= 15 is 0 Å². The molecule has 0 radical (unpaired) electrons. The maximum Gasteiger partial charge on any atom is 0.187 e. The van der Waals surface area contributed by atoms with Crippen molar-refractivity contribution < 1.29 is 55.1 Å². The van der Waals surface area contributed by atoms with Crippen LogP contribution in [0.5, 0.6) is 0 Å². The van der Waals surface area contributed by atoms with Crippen molar-refractivity contribution in [3.05, 3.63) is 0 Å². The summed E-state index contributed by atoms with van der Waals surface area (Å²) >= 11 is 0. The van der Waals surface area contributed by atoms with E-state index in [-0.39, 0.29) is 0 Å². The molecule has 10 atom stereocenters. The van der Waals surface area contributed by atoms with Crippen LogP contribution in [-0.2, 0) is 14.2 Å². The predicted octanol–water partition coefficient (Wildman–Crippen LogP) is -5.40. The maximum atomic E-state index is 9.94. The van der Waals surface area contributed by atoms with Gasteiger partial charge in [0, 0.05) is 0 Å². The fourth-order valence-electron chi connectivity index (χ4n) is 2.57. The zero-order chi connectivity index (χ0) is 17.3. The van der Waals surface area contributed by atoms with Crippen LogP contribution in [0.2, 0.25) is 0 Å². The molecular formula is C12H22O11. The largest absolute Gasteiger partial charge is 0.394 e. The molecule has 0 aromatic carbocycles. The average molecular weight is 342 g/mol. The van der Waals surface area contributed by atoms with Gasteiger partial charge in [-0.2, -0.15) is 0 Å². The zero-order valence-corrected chi connectivity index (χ0v) is 12.0. The summed E-state index contributed by atoms with van der Waals surface area (Å²) in [5.74, 6) is 0. The Morgan fingerprint density at radius 1 is 0.652 bits per heavy atom. The van der Waals surface area contributed by atoms with Gasteiger partial charge >= 0.3 is 0 Å². The van der Waals surface area contributed by atoms with E-state index in [0.717, 1.165) is 0 Å². The summed E-state index contributed by atoms with van der Waals surface area (Å²) in [7, 11) is 0. The zero-order valence-electron chi connectivity index (χ0n) is 12.0. The minimum absolute atomic E-state index is 0.667. The third kappa shape index (κ3) is 3.65. The van der Waals surface area contributed by atoms with Crippen LogP contribution in [0, 0.1) is 0 Å². The molecule has 2 heterocycles. The molecule has 0 saturated carbocycles. The van der Waals surface area contributed by atoms with Gasteiger partial charge in [-0.05, 0) is 0 Å². The Morgan fingerprint density at radius 3 is 1.83 bits per heavy atom. The first kappa shape index (κ1) is 18.9. The van der Waals surface area contributed by atoms with Gasteiger partial charge in [-0.25, -0.2) is 0 Å². The molecule has 0 amide bonds. The minimum Gasteiger partial charge on any atom is -0.394 e. The van der Waals surface area contributed by atoms with Crippen molar-refractivity contribution in [2.75, 3.05) is 13.2 Å². The smallest absolute Gasteiger partial charge is 0.187 e. The third-order valence-electron chi connectivity index (χ3n) is 3.98. The highest BCUT2D eigenvalue weighted by Gasteiger charge is 2.50. The Hall–Kier alpha value is -0.440. The number of hydrogen-bond donors (Lipinski definition) is 8. The Balaban J connectivity index is 2.11. The summed E-state index contributed by atoms with van der Waals surface area (Å²) in [6.45, 7) is -1.35. The lowest BCUT2D eigenvalue weighted by Crippen LogP contribution is -2.64. The third-order valence-corrected chi connectivity index (χ3v) is 3.98. The molecule has 11 nitrogen and oxygen atoms in total. The van der Waals surface area contributed by atoms with E-state index in [1.165, 1.54) is 0 Å². The Labute approximate surface area is 130 Å². The molecule has 2 aliphatic heterocycles. The SMILES string of the molecule is OC[C@@H]1O[C@H](O)[C@H](O)[C@H](O)[C@@H]1O[C@@H]1O[C@H](CO)[C@H](O)[C@@H](O)[C@@H]1O. The van der Waals surface area contributed by atoms with Crippen molar-refractivity contribution in [1.82, 2.24) is 0 Å². The van der Waals surface area contributed by atoms with Crippen LogP contribution < -0.4 is 0 Å². The van der Waals surface area contributed by atoms with Crippen LogP contribution in [-0.4, -0.2) is 115 Å². The van der Waals surface area contributed by atoms with Gasteiger partial charge in [0.2, 0.25) is 0 Å². The summed E-state index contributed by atoms with van der Waals surface area (Å²) in [5.41, 5.74) is 0. The second-order valence-electron chi connectivity index (χ2n) is 5.53. The first-order valence-corrected chi connectivity index (χ1v) is 7.08. The molecule has 2 aliphatic rings. The Bertz CT molecular complexity index is 378. The molecule has 136 valence electrons. The molecule has 23 heavy (non-hydrogen) atoms. The Morgan fingerprint density at radius 2 is 1.26 bits per heavy atom. The molecular weight excluding hydrogens is 320 g/mol. The number of hydrogen-bond acceptors (Lipinski definition) is 11. The summed E-state index contributed by atoms with van der Waals surface area (Å²) in [6.07, 6.45) is -15.6. The molecule has 2 saturated heterocycles. The second-order valence-corrected chi connectivity index (χ2v) is 5.53. The monoisotopic (exact) mass is 342 g/mol. The van der Waals surface area contributed by atoms with E-state index in [0.29, 0.717) is 0 Å². The summed E-state index contributed by atoms with van der Waals surface area (Å²) in [6, 6.07) is 0. The van der Waals surface area contributed by atoms with E-state index in [1.807, 2.05) is 0 Å². The molecule has 0 bridgehead atoms. The summed E-state index contributed by atoms with van der Waals surface area (Å²) in [5, 5.41) is 76.5. The van der Waals surface area contributed by atoms with Crippen molar-refractivity contribution in [1.29, 1.82) is 0 Å². The molecule has 0 aliphatic carbocycles. The van der Waals surface area contributed by atoms with Crippen LogP contribution in [0.4, 0.5) is 0 Å². The minimum atomic E-state index is -1.74. The number of aliphatic hydroxyl groups is 8. The molecule has 8 N–H and O–H groups in total. The first-order chi connectivity index (χ1) is 10.8. The van der Waals surface area contributed by atoms with Crippen molar-refractivity contribution in [3.8, 4) is 0 Å². The normalized spacial score (nSPS) is 51.7. The van der Waals surface area contributed by atoms with Gasteiger partial charge in [0.05, 0.1) is 13.2 Å². The molecule has 2 fully saturated rings. The molecule has 0 aromatic rings. The lowest BCUT2D eigenvalue weighted by molar-refractivity contribution is -0.355. The van der Waals surface area contributed by atoms with E-state index in [4.69, 9.17) is 19.3 Å². The molecule has 11 heteroatoms. The fraction of sp³-hybridized carbons (Fsp3) is 1.00. The van der Waals surface area contributed by atoms with Gasteiger partial charge in [-0.15, -0.1) is 0 Å². The quantitative estimate of drug-likeness (QED) is 0.243. The van der Waals surface area contributed by atoms with E-state index < -0.39 is 74.6 Å².